The molecule has 2 heterocycles. The van der Waals surface area contributed by atoms with Crippen molar-refractivity contribution in [3.8, 4) is 0 Å². The molecule has 2 aliphatic heterocycles. The first kappa shape index (κ1) is 7.82. The molecule has 2 saturated heterocycles. The predicted molar refractivity (Wildman–Crippen MR) is 40.9 cm³/mol. The van der Waals surface area contributed by atoms with Crippen LogP contribution in [0.4, 0.5) is 4.79 Å². The highest BCUT2D eigenvalue weighted by Gasteiger charge is 2.45. The number of aliphatic hydroxyl groups is 1. The molecule has 0 radical (unpaired) electrons. The van der Waals surface area contributed by atoms with E-state index >= 15 is 0 Å². The molecule has 12 heavy (non-hydrogen) atoms. The Labute approximate surface area is 70.0 Å². The smallest absolute Gasteiger partial charge is 0.407 e. The van der Waals surface area contributed by atoms with E-state index in [0.29, 0.717) is 19.5 Å². The van der Waals surface area contributed by atoms with Crippen molar-refractivity contribution >= 4 is 6.09 Å². The zero-order valence-electron chi connectivity index (χ0n) is 6.60. The Balaban J connectivity index is 2.19. The number of nitrogens with zero attached hydrogens (tertiary/aromatic N) is 1. The van der Waals surface area contributed by atoms with Gasteiger partial charge in [-0.1, -0.05) is 0 Å². The molecule has 3 atom stereocenters. The first-order chi connectivity index (χ1) is 5.70. The van der Waals surface area contributed by atoms with Crippen molar-refractivity contribution in [2.45, 2.75) is 24.6 Å². The highest BCUT2D eigenvalue weighted by atomic mass is 16.4. The lowest BCUT2D eigenvalue weighted by Gasteiger charge is -2.32. The Kier molecular flexibility index (Phi) is 1.69. The molecule has 1 amide bonds. The van der Waals surface area contributed by atoms with Gasteiger partial charge in [-0.3, -0.25) is 4.90 Å². The fourth-order valence-corrected chi connectivity index (χ4v) is 2.12. The molecule has 2 fully saturated rings. The van der Waals surface area contributed by atoms with Crippen molar-refractivity contribution < 1.29 is 15.0 Å². The second kappa shape index (κ2) is 2.60. The SMILES string of the molecule is O=C(O)N1C2CNC[C@@H]1CC2O. The van der Waals surface area contributed by atoms with Gasteiger partial charge < -0.3 is 15.5 Å². The number of carbonyl (C=O) groups is 1. The zero-order chi connectivity index (χ0) is 8.72. The van der Waals surface area contributed by atoms with Crippen molar-refractivity contribution in [3.63, 3.8) is 0 Å². The van der Waals surface area contributed by atoms with Crippen LogP contribution in [0.25, 0.3) is 0 Å². The summed E-state index contributed by atoms with van der Waals surface area (Å²) in [5, 5.41) is 21.4. The van der Waals surface area contributed by atoms with Gasteiger partial charge in [-0.05, 0) is 6.42 Å². The lowest BCUT2D eigenvalue weighted by atomic mass is 10.2. The highest BCUT2D eigenvalue weighted by molar-refractivity contribution is 5.67. The molecule has 0 spiro atoms. The van der Waals surface area contributed by atoms with E-state index in [-0.39, 0.29) is 12.1 Å². The Morgan fingerprint density at radius 1 is 1.50 bits per heavy atom. The maximum absolute atomic E-state index is 10.7. The molecule has 5 heteroatoms. The average Bonchev–Trinajstić information content (AvgIpc) is 2.20. The molecule has 0 aromatic heterocycles. The molecular weight excluding hydrogens is 160 g/mol. The number of carboxylic acid groups (broad SMARTS) is 1. The van der Waals surface area contributed by atoms with Gasteiger partial charge in [-0.25, -0.2) is 4.79 Å². The Morgan fingerprint density at radius 3 is 2.75 bits per heavy atom. The van der Waals surface area contributed by atoms with Gasteiger partial charge in [0.15, 0.2) is 0 Å². The third-order valence-corrected chi connectivity index (χ3v) is 2.66. The number of hydrogen-bond acceptors (Lipinski definition) is 3. The van der Waals surface area contributed by atoms with Crippen LogP contribution in [-0.2, 0) is 0 Å². The molecule has 68 valence electrons. The quantitative estimate of drug-likeness (QED) is 0.441. The summed E-state index contributed by atoms with van der Waals surface area (Å²) in [6, 6.07) is -0.266. The number of amides is 1. The molecule has 0 aromatic carbocycles. The largest absolute Gasteiger partial charge is 0.465 e. The van der Waals surface area contributed by atoms with Crippen LogP contribution in [0, 0.1) is 0 Å². The Bertz CT molecular complexity index is 209. The van der Waals surface area contributed by atoms with Gasteiger partial charge in [0, 0.05) is 13.1 Å². The van der Waals surface area contributed by atoms with E-state index in [2.05, 4.69) is 5.32 Å². The number of hydrogen-bond donors (Lipinski definition) is 3. The minimum atomic E-state index is -0.914. The molecule has 2 rings (SSSR count). The van der Waals surface area contributed by atoms with E-state index in [0.717, 1.165) is 0 Å². The molecule has 0 saturated carbocycles. The number of piperazine rings is 1. The molecule has 0 aromatic rings. The van der Waals surface area contributed by atoms with Crippen molar-refractivity contribution in [1.82, 2.24) is 10.2 Å². The van der Waals surface area contributed by atoms with E-state index in [1.807, 2.05) is 0 Å². The van der Waals surface area contributed by atoms with Gasteiger partial charge in [0.05, 0.1) is 18.2 Å². The predicted octanol–water partition coefficient (Wildman–Crippen LogP) is -0.929. The van der Waals surface area contributed by atoms with E-state index < -0.39 is 12.2 Å². The number of nitrogens with one attached hydrogen (secondary N) is 1. The Morgan fingerprint density at radius 2 is 2.25 bits per heavy atom. The highest BCUT2D eigenvalue weighted by Crippen LogP contribution is 2.26. The van der Waals surface area contributed by atoms with Gasteiger partial charge >= 0.3 is 6.09 Å². The minimum Gasteiger partial charge on any atom is -0.465 e. The second-order valence-corrected chi connectivity index (χ2v) is 3.37. The van der Waals surface area contributed by atoms with Crippen molar-refractivity contribution in [2.75, 3.05) is 13.1 Å². The van der Waals surface area contributed by atoms with Gasteiger partial charge in [-0.15, -0.1) is 0 Å². The van der Waals surface area contributed by atoms with Crippen LogP contribution in [-0.4, -0.2) is 52.5 Å². The lowest BCUT2D eigenvalue weighted by molar-refractivity contribution is 0.0808. The standard InChI is InChI=1S/C7H12N2O3/c10-6-1-4-2-8-3-5(6)9(4)7(11)12/h4-6,8,10H,1-3H2,(H,11,12)/t4-,5?,6?/m0/s1. The maximum atomic E-state index is 10.7. The number of fused-ring (bicyclic) bond motifs is 2. The van der Waals surface area contributed by atoms with Crippen LogP contribution in [0.3, 0.4) is 0 Å². The molecule has 2 aliphatic rings. The van der Waals surface area contributed by atoms with Gasteiger partial charge in [0.25, 0.3) is 0 Å². The summed E-state index contributed by atoms with van der Waals surface area (Å²) in [5.41, 5.74) is 0. The average molecular weight is 172 g/mol. The summed E-state index contributed by atoms with van der Waals surface area (Å²) in [7, 11) is 0. The van der Waals surface area contributed by atoms with Crippen LogP contribution < -0.4 is 5.32 Å². The van der Waals surface area contributed by atoms with Gasteiger partial charge in [-0.2, -0.15) is 0 Å². The fourth-order valence-electron chi connectivity index (χ4n) is 2.12. The molecule has 2 bridgehead atoms. The van der Waals surface area contributed by atoms with Crippen molar-refractivity contribution in [3.05, 3.63) is 0 Å². The van der Waals surface area contributed by atoms with Crippen LogP contribution in [0.1, 0.15) is 6.42 Å². The molecule has 2 unspecified atom stereocenters. The fraction of sp³-hybridized carbons (Fsp3) is 0.857. The summed E-state index contributed by atoms with van der Waals surface area (Å²) in [6.45, 7) is 1.24. The third-order valence-electron chi connectivity index (χ3n) is 2.66. The summed E-state index contributed by atoms with van der Waals surface area (Å²) >= 11 is 0. The summed E-state index contributed by atoms with van der Waals surface area (Å²) in [6.07, 6.45) is -0.826. The minimum absolute atomic E-state index is 0.0313. The van der Waals surface area contributed by atoms with Gasteiger partial charge in [0.1, 0.15) is 0 Å². The third kappa shape index (κ3) is 0.971. The number of rotatable bonds is 0. The first-order valence-electron chi connectivity index (χ1n) is 4.10. The molecule has 3 N–H and O–H groups in total. The second-order valence-electron chi connectivity index (χ2n) is 3.37. The monoisotopic (exact) mass is 172 g/mol. The maximum Gasteiger partial charge on any atom is 0.407 e. The summed E-state index contributed by atoms with van der Waals surface area (Å²) in [5.74, 6) is 0. The van der Waals surface area contributed by atoms with Crippen molar-refractivity contribution in [1.29, 1.82) is 0 Å². The van der Waals surface area contributed by atoms with Crippen LogP contribution >= 0.6 is 0 Å². The van der Waals surface area contributed by atoms with E-state index in [1.165, 1.54) is 4.90 Å². The van der Waals surface area contributed by atoms with E-state index in [4.69, 9.17) is 5.11 Å². The topological polar surface area (TPSA) is 72.8 Å². The first-order valence-corrected chi connectivity index (χ1v) is 4.10. The van der Waals surface area contributed by atoms with Crippen molar-refractivity contribution in [2.24, 2.45) is 0 Å². The number of aliphatic hydroxyl groups excluding tert-OH is 1. The van der Waals surface area contributed by atoms with Crippen LogP contribution in [0.15, 0.2) is 0 Å². The van der Waals surface area contributed by atoms with E-state index in [9.17, 15) is 9.90 Å². The molecular formula is C7H12N2O3. The molecule has 0 aliphatic carbocycles. The van der Waals surface area contributed by atoms with Crippen LogP contribution in [0.5, 0.6) is 0 Å². The zero-order valence-corrected chi connectivity index (χ0v) is 6.60. The van der Waals surface area contributed by atoms with Crippen LogP contribution in [0.2, 0.25) is 0 Å². The van der Waals surface area contributed by atoms with E-state index in [1.54, 1.807) is 0 Å². The lowest BCUT2D eigenvalue weighted by Crippen LogP contribution is -2.55. The van der Waals surface area contributed by atoms with Gasteiger partial charge in [0.2, 0.25) is 0 Å². The molecule has 5 nitrogen and oxygen atoms in total. The Hall–Kier alpha value is -0.810. The normalized spacial score (nSPS) is 40.1. The summed E-state index contributed by atoms with van der Waals surface area (Å²) < 4.78 is 0. The summed E-state index contributed by atoms with van der Waals surface area (Å²) in [4.78, 5) is 12.1.